The van der Waals surface area contributed by atoms with Crippen molar-refractivity contribution in [1.82, 2.24) is 14.8 Å². The number of para-hydroxylation sites is 1. The van der Waals surface area contributed by atoms with E-state index in [0.29, 0.717) is 62.2 Å². The molecule has 0 unspecified atom stereocenters. The van der Waals surface area contributed by atoms with Gasteiger partial charge in [0.15, 0.2) is 0 Å². The number of nitrogens with zero attached hydrogens (tertiary/aromatic N) is 3. The number of likely N-dealkylation sites (tertiary alicyclic amines) is 1. The van der Waals surface area contributed by atoms with Crippen LogP contribution in [0.2, 0.25) is 0 Å². The quantitative estimate of drug-likeness (QED) is 0.651. The minimum Gasteiger partial charge on any atom is -0.492 e. The Hall–Kier alpha value is -3.13. The molecule has 3 heterocycles. The van der Waals surface area contributed by atoms with Crippen LogP contribution in [-0.2, 0) is 4.74 Å². The molecule has 0 radical (unpaired) electrons. The minimum atomic E-state index is -0.0684. The van der Waals surface area contributed by atoms with Crippen LogP contribution < -0.4 is 9.47 Å². The van der Waals surface area contributed by atoms with Crippen LogP contribution in [0.1, 0.15) is 52.8 Å². The maximum Gasteiger partial charge on any atom is 0.259 e. The molecule has 2 aliphatic heterocycles. The Labute approximate surface area is 207 Å². The second kappa shape index (κ2) is 11.5. The standard InChI is InChI=1S/C27H35N3O5/c1-29-17-19-34-18-6-5-11-27(20-35-23-10-4-3-8-21(23)25(29)31)12-15-30(16-13-27)26(32)22-9-7-14-28-24(22)33-2/h3-4,7-10,14H,5-6,11-13,15-20H2,1-2H3. The average molecular weight is 482 g/mol. The number of benzene rings is 1. The number of amides is 2. The number of ether oxygens (including phenoxy) is 3. The molecule has 0 bridgehead atoms. The van der Waals surface area contributed by atoms with E-state index < -0.39 is 0 Å². The van der Waals surface area contributed by atoms with Gasteiger partial charge in [-0.1, -0.05) is 18.6 Å². The van der Waals surface area contributed by atoms with Crippen molar-refractivity contribution in [1.29, 1.82) is 0 Å². The summed E-state index contributed by atoms with van der Waals surface area (Å²) in [5, 5.41) is 0. The summed E-state index contributed by atoms with van der Waals surface area (Å²) in [6, 6.07) is 11.0. The average Bonchev–Trinajstić information content (AvgIpc) is 2.90. The van der Waals surface area contributed by atoms with E-state index in [0.717, 1.165) is 32.1 Å². The third-order valence-electron chi connectivity index (χ3n) is 7.12. The summed E-state index contributed by atoms with van der Waals surface area (Å²) in [6.07, 6.45) is 6.27. The first-order valence-corrected chi connectivity index (χ1v) is 12.4. The van der Waals surface area contributed by atoms with Crippen molar-refractivity contribution >= 4 is 11.8 Å². The lowest BCUT2D eigenvalue weighted by Gasteiger charge is -2.42. The van der Waals surface area contributed by atoms with E-state index in [9.17, 15) is 9.59 Å². The number of likely N-dealkylation sites (N-methyl/N-ethyl adjacent to an activating group) is 1. The minimum absolute atomic E-state index is 0.0565. The smallest absolute Gasteiger partial charge is 0.259 e. The number of methoxy groups -OCH3 is 1. The first-order chi connectivity index (χ1) is 17.0. The highest BCUT2D eigenvalue weighted by Crippen LogP contribution is 2.38. The Balaban J connectivity index is 1.50. The molecule has 0 atom stereocenters. The summed E-state index contributed by atoms with van der Waals surface area (Å²) >= 11 is 0. The van der Waals surface area contributed by atoms with Gasteiger partial charge in [-0.05, 0) is 49.9 Å². The van der Waals surface area contributed by atoms with Crippen LogP contribution in [-0.4, -0.2) is 80.2 Å². The van der Waals surface area contributed by atoms with Gasteiger partial charge in [-0.2, -0.15) is 0 Å². The first kappa shape index (κ1) is 25.0. The number of hydrogen-bond donors (Lipinski definition) is 0. The molecule has 8 heteroatoms. The van der Waals surface area contributed by atoms with Crippen molar-refractivity contribution in [3.63, 3.8) is 0 Å². The number of carbonyl (C=O) groups excluding carboxylic acids is 2. The number of carbonyl (C=O) groups is 2. The largest absolute Gasteiger partial charge is 0.492 e. The van der Waals surface area contributed by atoms with Crippen molar-refractivity contribution in [2.24, 2.45) is 5.41 Å². The molecule has 8 nitrogen and oxygen atoms in total. The normalized spacial score (nSPS) is 19.4. The van der Waals surface area contributed by atoms with E-state index in [1.165, 1.54) is 7.11 Å². The number of pyridine rings is 1. The second-order valence-electron chi connectivity index (χ2n) is 9.43. The zero-order valence-electron chi connectivity index (χ0n) is 20.7. The molecule has 2 aliphatic rings. The van der Waals surface area contributed by atoms with Crippen molar-refractivity contribution in [3.8, 4) is 11.6 Å². The Kier molecular flexibility index (Phi) is 8.23. The predicted molar refractivity (Wildman–Crippen MR) is 132 cm³/mol. The van der Waals surface area contributed by atoms with Gasteiger partial charge in [0.05, 0.1) is 25.9 Å². The van der Waals surface area contributed by atoms with Crippen molar-refractivity contribution in [2.75, 3.05) is 53.6 Å². The molecule has 4 rings (SSSR count). The monoisotopic (exact) mass is 481 g/mol. The Morgan fingerprint density at radius 1 is 1.03 bits per heavy atom. The second-order valence-corrected chi connectivity index (χ2v) is 9.43. The lowest BCUT2D eigenvalue weighted by molar-refractivity contribution is 0.0327. The van der Waals surface area contributed by atoms with Gasteiger partial charge < -0.3 is 24.0 Å². The van der Waals surface area contributed by atoms with E-state index in [1.807, 2.05) is 29.2 Å². The number of piperidine rings is 1. The van der Waals surface area contributed by atoms with E-state index in [1.54, 1.807) is 30.3 Å². The highest BCUT2D eigenvalue weighted by Gasteiger charge is 2.37. The zero-order chi connectivity index (χ0) is 24.7. The molecule has 1 aromatic carbocycles. The highest BCUT2D eigenvalue weighted by atomic mass is 16.5. The van der Waals surface area contributed by atoms with E-state index >= 15 is 0 Å². The molecule has 0 saturated carbocycles. The third kappa shape index (κ3) is 5.93. The van der Waals surface area contributed by atoms with Gasteiger partial charge in [0, 0.05) is 44.9 Å². The fourth-order valence-electron chi connectivity index (χ4n) is 4.85. The molecule has 1 fully saturated rings. The molecule has 0 aliphatic carbocycles. The van der Waals surface area contributed by atoms with Gasteiger partial charge in [-0.3, -0.25) is 9.59 Å². The van der Waals surface area contributed by atoms with E-state index in [-0.39, 0.29) is 17.2 Å². The summed E-state index contributed by atoms with van der Waals surface area (Å²) < 4.78 is 17.4. The van der Waals surface area contributed by atoms with Gasteiger partial charge in [0.2, 0.25) is 5.88 Å². The summed E-state index contributed by atoms with van der Waals surface area (Å²) in [5.74, 6) is 0.839. The van der Waals surface area contributed by atoms with Crippen molar-refractivity contribution in [2.45, 2.75) is 32.1 Å². The van der Waals surface area contributed by atoms with E-state index in [2.05, 4.69) is 4.98 Å². The Bertz CT molecular complexity index is 1020. The van der Waals surface area contributed by atoms with Gasteiger partial charge in [0.1, 0.15) is 11.3 Å². The molecule has 1 saturated heterocycles. The third-order valence-corrected chi connectivity index (χ3v) is 7.12. The van der Waals surface area contributed by atoms with E-state index in [4.69, 9.17) is 14.2 Å². The molecule has 1 spiro atoms. The summed E-state index contributed by atoms with van der Waals surface area (Å²) in [4.78, 5) is 33.9. The fourth-order valence-corrected chi connectivity index (χ4v) is 4.85. The van der Waals surface area contributed by atoms with Crippen molar-refractivity contribution in [3.05, 3.63) is 53.7 Å². The summed E-state index contributed by atoms with van der Waals surface area (Å²) in [6.45, 7) is 3.54. The van der Waals surface area contributed by atoms with Gasteiger partial charge >= 0.3 is 0 Å². The first-order valence-electron chi connectivity index (χ1n) is 12.4. The highest BCUT2D eigenvalue weighted by molar-refractivity contribution is 5.97. The maximum atomic E-state index is 13.2. The van der Waals surface area contributed by atoms with Crippen LogP contribution >= 0.6 is 0 Å². The van der Waals surface area contributed by atoms with Crippen molar-refractivity contribution < 1.29 is 23.8 Å². The van der Waals surface area contributed by atoms with Gasteiger partial charge in [-0.15, -0.1) is 0 Å². The Morgan fingerprint density at radius 2 is 1.83 bits per heavy atom. The fraction of sp³-hybridized carbons (Fsp3) is 0.519. The molecule has 2 aromatic rings. The van der Waals surface area contributed by atoms with Crippen LogP contribution in [0.15, 0.2) is 42.6 Å². The number of fused-ring (bicyclic) bond motifs is 1. The van der Waals surface area contributed by atoms with Crippen LogP contribution in [0.4, 0.5) is 0 Å². The lowest BCUT2D eigenvalue weighted by Crippen LogP contribution is -2.45. The SMILES string of the molecule is COc1ncccc1C(=O)N1CCC2(CCCCOCCN(C)C(=O)c3ccccc3OC2)CC1. The van der Waals surface area contributed by atoms with Crippen LogP contribution in [0.25, 0.3) is 0 Å². The topological polar surface area (TPSA) is 81.2 Å². The predicted octanol–water partition coefficient (Wildman–Crippen LogP) is 3.66. The molecule has 188 valence electrons. The molecular weight excluding hydrogens is 446 g/mol. The number of rotatable bonds is 2. The molecule has 0 N–H and O–H groups in total. The zero-order valence-corrected chi connectivity index (χ0v) is 20.7. The molecule has 2 amide bonds. The van der Waals surface area contributed by atoms with Crippen LogP contribution in [0.3, 0.4) is 0 Å². The number of aromatic nitrogens is 1. The summed E-state index contributed by atoms with van der Waals surface area (Å²) in [7, 11) is 3.32. The molecule has 1 aromatic heterocycles. The van der Waals surface area contributed by atoms with Crippen LogP contribution in [0.5, 0.6) is 11.6 Å². The lowest BCUT2D eigenvalue weighted by atomic mass is 9.75. The molecular formula is C27H35N3O5. The summed E-state index contributed by atoms with van der Waals surface area (Å²) in [5.41, 5.74) is 0.988. The van der Waals surface area contributed by atoms with Crippen LogP contribution in [0, 0.1) is 5.41 Å². The van der Waals surface area contributed by atoms with Gasteiger partial charge in [0.25, 0.3) is 11.8 Å². The number of hydrogen-bond acceptors (Lipinski definition) is 6. The molecule has 35 heavy (non-hydrogen) atoms. The maximum absolute atomic E-state index is 13.2. The Morgan fingerprint density at radius 3 is 2.63 bits per heavy atom. The van der Waals surface area contributed by atoms with Gasteiger partial charge in [-0.25, -0.2) is 4.98 Å².